The Kier molecular flexibility index (Phi) is 7.90. The maximum absolute atomic E-state index is 12.0. The zero-order chi connectivity index (χ0) is 19.0. The molecule has 1 aliphatic heterocycles. The Balaban J connectivity index is 2.00. The first-order chi connectivity index (χ1) is 12.4. The van der Waals surface area contributed by atoms with E-state index < -0.39 is 16.3 Å². The summed E-state index contributed by atoms with van der Waals surface area (Å²) in [7, 11) is -4.52. The molecule has 0 aliphatic carbocycles. The molecule has 7 heteroatoms. The van der Waals surface area contributed by atoms with Crippen molar-refractivity contribution < 1.29 is 17.8 Å². The van der Waals surface area contributed by atoms with Gasteiger partial charge in [-0.05, 0) is 43.4 Å². The lowest BCUT2D eigenvalue weighted by molar-refractivity contribution is -0.123. The third kappa shape index (κ3) is 5.99. The fourth-order valence-electron chi connectivity index (χ4n) is 3.37. The van der Waals surface area contributed by atoms with Gasteiger partial charge in [0.2, 0.25) is 5.91 Å². The van der Waals surface area contributed by atoms with Crippen molar-refractivity contribution in [3.8, 4) is 0 Å². The van der Waals surface area contributed by atoms with E-state index in [2.05, 4.69) is 12.2 Å². The molecule has 1 aromatic rings. The van der Waals surface area contributed by atoms with Crippen molar-refractivity contribution in [3.63, 3.8) is 0 Å². The van der Waals surface area contributed by atoms with E-state index in [1.165, 1.54) is 32.1 Å². The van der Waals surface area contributed by atoms with Crippen LogP contribution in [0, 0.1) is 0 Å². The van der Waals surface area contributed by atoms with E-state index in [0.29, 0.717) is 25.1 Å². The molecule has 146 valence electrons. The number of aryl methyl sites for hydroxylation is 1. The summed E-state index contributed by atoms with van der Waals surface area (Å²) >= 11 is 0. The predicted octanol–water partition coefficient (Wildman–Crippen LogP) is 3.48. The summed E-state index contributed by atoms with van der Waals surface area (Å²) in [4.78, 5) is 12.0. The molecular weight excluding hydrogens is 352 g/mol. The quantitative estimate of drug-likeness (QED) is 0.479. The number of piperidine rings is 1. The van der Waals surface area contributed by atoms with E-state index in [1.54, 1.807) is 12.1 Å². The van der Waals surface area contributed by atoms with Crippen molar-refractivity contribution in [1.82, 2.24) is 5.32 Å². The normalized spacial score (nSPS) is 17.8. The van der Waals surface area contributed by atoms with Gasteiger partial charge < -0.3 is 5.32 Å². The summed E-state index contributed by atoms with van der Waals surface area (Å²) < 4.78 is 34.2. The van der Waals surface area contributed by atoms with Crippen LogP contribution < -0.4 is 9.62 Å². The zero-order valence-corrected chi connectivity index (χ0v) is 16.3. The molecule has 2 N–H and O–H groups in total. The lowest BCUT2D eigenvalue weighted by Gasteiger charge is -2.32. The maximum atomic E-state index is 12.0. The zero-order valence-electron chi connectivity index (χ0n) is 15.5. The molecule has 1 saturated heterocycles. The van der Waals surface area contributed by atoms with E-state index in [0.717, 1.165) is 22.7 Å². The van der Waals surface area contributed by atoms with Gasteiger partial charge in [-0.1, -0.05) is 51.2 Å². The highest BCUT2D eigenvalue weighted by molar-refractivity contribution is 7.87. The Morgan fingerprint density at radius 1 is 1.12 bits per heavy atom. The molecule has 1 fully saturated rings. The predicted molar refractivity (Wildman–Crippen MR) is 104 cm³/mol. The highest BCUT2D eigenvalue weighted by Crippen LogP contribution is 2.25. The van der Waals surface area contributed by atoms with Crippen molar-refractivity contribution in [2.75, 3.05) is 10.8 Å². The molecule has 1 amide bonds. The van der Waals surface area contributed by atoms with Crippen LogP contribution in [0.2, 0.25) is 0 Å². The highest BCUT2D eigenvalue weighted by atomic mass is 32.2. The van der Waals surface area contributed by atoms with E-state index in [4.69, 9.17) is 0 Å². The molecule has 1 atom stereocenters. The average molecular weight is 383 g/mol. The van der Waals surface area contributed by atoms with Gasteiger partial charge in [-0.15, -0.1) is 0 Å². The largest absolute Gasteiger partial charge is 0.360 e. The topological polar surface area (TPSA) is 86.7 Å². The van der Waals surface area contributed by atoms with Crippen LogP contribution in [0.25, 0.3) is 0 Å². The van der Waals surface area contributed by atoms with Crippen LogP contribution in [0.15, 0.2) is 24.3 Å². The molecule has 1 aliphatic rings. The van der Waals surface area contributed by atoms with Gasteiger partial charge in [0.1, 0.15) is 6.04 Å². The summed E-state index contributed by atoms with van der Waals surface area (Å²) in [5, 5.41) is 2.66. The first-order valence-electron chi connectivity index (χ1n) is 9.57. The van der Waals surface area contributed by atoms with Gasteiger partial charge in [-0.25, -0.2) is 4.31 Å². The Hall–Kier alpha value is -1.60. The number of hydrogen-bond acceptors (Lipinski definition) is 3. The molecule has 6 nitrogen and oxygen atoms in total. The van der Waals surface area contributed by atoms with Crippen LogP contribution in [0.3, 0.4) is 0 Å². The van der Waals surface area contributed by atoms with E-state index in [9.17, 15) is 17.8 Å². The van der Waals surface area contributed by atoms with Crippen molar-refractivity contribution in [1.29, 1.82) is 0 Å². The molecule has 0 aromatic heterocycles. The summed E-state index contributed by atoms with van der Waals surface area (Å²) in [6, 6.07) is 6.19. The minimum atomic E-state index is -4.52. The number of carbonyl (C=O) groups excluding carboxylic acids is 1. The summed E-state index contributed by atoms with van der Waals surface area (Å²) in [5.41, 5.74) is 1.45. The van der Waals surface area contributed by atoms with Crippen LogP contribution >= 0.6 is 0 Å². The van der Waals surface area contributed by atoms with Gasteiger partial charge in [0.15, 0.2) is 0 Å². The van der Waals surface area contributed by atoms with Gasteiger partial charge >= 0.3 is 10.3 Å². The molecule has 0 radical (unpaired) electrons. The number of amides is 1. The second-order valence-electron chi connectivity index (χ2n) is 6.91. The third-order valence-electron chi connectivity index (χ3n) is 4.80. The first kappa shape index (κ1) is 20.7. The molecule has 1 aromatic carbocycles. The molecule has 0 saturated carbocycles. The number of rotatable bonds is 10. The van der Waals surface area contributed by atoms with Crippen molar-refractivity contribution >= 4 is 21.9 Å². The maximum Gasteiger partial charge on any atom is 0.360 e. The lowest BCUT2D eigenvalue weighted by Crippen LogP contribution is -2.52. The fourth-order valence-corrected chi connectivity index (χ4v) is 4.28. The van der Waals surface area contributed by atoms with Gasteiger partial charge in [0, 0.05) is 6.54 Å². The van der Waals surface area contributed by atoms with E-state index >= 15 is 0 Å². The van der Waals surface area contributed by atoms with Crippen LogP contribution in [-0.2, 0) is 21.5 Å². The minimum Gasteiger partial charge on any atom is -0.354 e. The van der Waals surface area contributed by atoms with Crippen LogP contribution in [0.5, 0.6) is 0 Å². The van der Waals surface area contributed by atoms with Crippen LogP contribution in [-0.4, -0.2) is 31.5 Å². The van der Waals surface area contributed by atoms with Gasteiger partial charge in [-0.3, -0.25) is 9.35 Å². The molecule has 1 heterocycles. The van der Waals surface area contributed by atoms with Crippen molar-refractivity contribution in [3.05, 3.63) is 29.8 Å². The number of carbonyl (C=O) groups is 1. The molecule has 0 unspecified atom stereocenters. The molecule has 2 rings (SSSR count). The number of anilines is 1. The van der Waals surface area contributed by atoms with Crippen molar-refractivity contribution in [2.45, 2.75) is 70.8 Å². The van der Waals surface area contributed by atoms with Gasteiger partial charge in [-0.2, -0.15) is 8.42 Å². The van der Waals surface area contributed by atoms with E-state index in [-0.39, 0.29) is 5.91 Å². The number of nitrogens with one attached hydrogen (secondary N) is 1. The summed E-state index contributed by atoms with van der Waals surface area (Å²) in [6.07, 6.45) is 9.38. The molecule has 0 spiro atoms. The van der Waals surface area contributed by atoms with Crippen molar-refractivity contribution in [2.24, 2.45) is 0 Å². The lowest BCUT2D eigenvalue weighted by atomic mass is 10.0. The first-order valence-corrected chi connectivity index (χ1v) is 11.0. The highest BCUT2D eigenvalue weighted by Gasteiger charge is 2.35. The van der Waals surface area contributed by atoms with Gasteiger partial charge in [0.25, 0.3) is 0 Å². The van der Waals surface area contributed by atoms with Crippen LogP contribution in [0.4, 0.5) is 5.69 Å². The SMILES string of the molecule is CCCCCCCCc1ccc(N([C@@H]2CCCNC2=O)S(=O)(=O)O)cc1. The third-order valence-corrected chi connectivity index (χ3v) is 5.76. The summed E-state index contributed by atoms with van der Waals surface area (Å²) in [6.45, 7) is 2.74. The number of unbranched alkanes of at least 4 members (excludes halogenated alkanes) is 5. The number of hydrogen-bond donors (Lipinski definition) is 2. The fraction of sp³-hybridized carbons (Fsp3) is 0.632. The Bertz CT molecular complexity index is 673. The number of benzene rings is 1. The minimum absolute atomic E-state index is 0.321. The second kappa shape index (κ2) is 9.92. The van der Waals surface area contributed by atoms with Gasteiger partial charge in [0.05, 0.1) is 5.69 Å². The molecular formula is C19H30N2O4S. The number of nitrogens with zero attached hydrogens (tertiary/aromatic N) is 1. The molecule has 0 bridgehead atoms. The Labute approximate surface area is 156 Å². The van der Waals surface area contributed by atoms with Crippen LogP contribution in [0.1, 0.15) is 63.9 Å². The standard InChI is InChI=1S/C19H30N2O4S/c1-2-3-4-5-6-7-9-16-11-13-17(14-12-16)21(26(23,24)25)18-10-8-15-20-19(18)22/h11-14,18H,2-10,15H2,1H3,(H,20,22)(H,23,24,25)/t18-/m1/s1. The smallest absolute Gasteiger partial charge is 0.354 e. The van der Waals surface area contributed by atoms with E-state index in [1.807, 2.05) is 12.1 Å². The average Bonchev–Trinajstić information content (AvgIpc) is 2.60. The second-order valence-corrected chi connectivity index (χ2v) is 8.20. The monoisotopic (exact) mass is 382 g/mol. The Morgan fingerprint density at radius 3 is 2.38 bits per heavy atom. The Morgan fingerprint density at radius 2 is 1.77 bits per heavy atom. The molecule has 26 heavy (non-hydrogen) atoms. The summed E-state index contributed by atoms with van der Waals surface area (Å²) in [5.74, 6) is -0.370.